The van der Waals surface area contributed by atoms with Gasteiger partial charge in [-0.1, -0.05) is 54.6 Å². The Balaban J connectivity index is 1.91. The van der Waals surface area contributed by atoms with Crippen molar-refractivity contribution in [3.05, 3.63) is 77.9 Å². The molecule has 1 aliphatic rings. The van der Waals surface area contributed by atoms with Crippen molar-refractivity contribution < 1.29 is 37.1 Å². The van der Waals surface area contributed by atoms with Gasteiger partial charge in [0.1, 0.15) is 36.8 Å². The third-order valence-corrected chi connectivity index (χ3v) is 6.46. The highest BCUT2D eigenvalue weighted by atomic mass is 19.4. The van der Waals surface area contributed by atoms with Gasteiger partial charge in [0.15, 0.2) is 0 Å². The van der Waals surface area contributed by atoms with Crippen LogP contribution in [0.2, 0.25) is 0 Å². The van der Waals surface area contributed by atoms with Crippen LogP contribution in [0.3, 0.4) is 0 Å². The van der Waals surface area contributed by atoms with Crippen molar-refractivity contribution in [3.8, 4) is 5.75 Å². The number of carbonyl (C=O) groups is 4. The fraction of sp³-hybridized carbons (Fsp3) is 0.400. The first kappa shape index (κ1) is 31.4. The van der Waals surface area contributed by atoms with E-state index in [2.05, 4.69) is 10.6 Å². The highest BCUT2D eigenvalue weighted by Gasteiger charge is 2.32. The van der Waals surface area contributed by atoms with E-state index in [1.807, 2.05) is 41.7 Å². The maximum Gasteiger partial charge on any atom is 0.405 e. The second-order valence-corrected chi connectivity index (χ2v) is 9.95. The Morgan fingerprint density at radius 1 is 1.00 bits per heavy atom. The minimum absolute atomic E-state index is 0.0604. The molecule has 0 radical (unpaired) electrons. The maximum atomic E-state index is 13.4. The number of ether oxygens (including phenoxy) is 1. The van der Waals surface area contributed by atoms with Crippen LogP contribution >= 0.6 is 0 Å². The van der Waals surface area contributed by atoms with Gasteiger partial charge >= 0.3 is 6.18 Å². The van der Waals surface area contributed by atoms with Crippen molar-refractivity contribution in [2.75, 3.05) is 13.2 Å². The SMILES string of the molecule is CC(=O)C[C@H]1Cc2cccc(c2)OC/C=C/C[C@@H](C(=O)NCC(F)(F)F)NC(=O)[C@H](CCc2ccccc2)NC1=O. The molecular weight excluding hydrogens is 539 g/mol. The van der Waals surface area contributed by atoms with E-state index >= 15 is 0 Å². The number of benzene rings is 2. The first-order valence-electron chi connectivity index (χ1n) is 13.4. The van der Waals surface area contributed by atoms with Crippen molar-refractivity contribution in [2.45, 2.75) is 57.3 Å². The average Bonchev–Trinajstić information content (AvgIpc) is 2.92. The molecule has 0 saturated carbocycles. The molecule has 1 aliphatic heterocycles. The van der Waals surface area contributed by atoms with Crippen LogP contribution in [0.5, 0.6) is 5.75 Å². The molecule has 0 fully saturated rings. The number of Topliss-reactive ketones (excluding diaryl/α,β-unsaturated/α-hetero) is 1. The van der Waals surface area contributed by atoms with Crippen LogP contribution < -0.4 is 20.7 Å². The van der Waals surface area contributed by atoms with Crippen molar-refractivity contribution in [1.82, 2.24) is 16.0 Å². The number of carbonyl (C=O) groups excluding carboxylic acids is 4. The minimum atomic E-state index is -4.63. The number of fused-ring (bicyclic) bond motifs is 2. The van der Waals surface area contributed by atoms with Crippen molar-refractivity contribution in [3.63, 3.8) is 0 Å². The van der Waals surface area contributed by atoms with E-state index in [0.29, 0.717) is 12.2 Å². The van der Waals surface area contributed by atoms with E-state index in [0.717, 1.165) is 11.1 Å². The van der Waals surface area contributed by atoms with E-state index in [-0.39, 0.29) is 38.1 Å². The summed E-state index contributed by atoms with van der Waals surface area (Å²) in [7, 11) is 0. The van der Waals surface area contributed by atoms with Crippen LogP contribution in [-0.2, 0) is 32.0 Å². The lowest BCUT2D eigenvalue weighted by Gasteiger charge is -2.25. The number of hydrogen-bond acceptors (Lipinski definition) is 5. The summed E-state index contributed by atoms with van der Waals surface area (Å²) in [5, 5.41) is 7.06. The molecule has 3 atom stereocenters. The van der Waals surface area contributed by atoms with E-state index in [1.165, 1.54) is 13.0 Å². The van der Waals surface area contributed by atoms with Crippen LogP contribution in [0.1, 0.15) is 37.3 Å². The van der Waals surface area contributed by atoms with Gasteiger partial charge in [-0.3, -0.25) is 14.4 Å². The number of nitrogens with one attached hydrogen (secondary N) is 3. The van der Waals surface area contributed by atoms with Gasteiger partial charge in [0.05, 0.1) is 0 Å². The average molecular weight is 574 g/mol. The summed E-state index contributed by atoms with van der Waals surface area (Å²) in [6, 6.07) is 13.9. The summed E-state index contributed by atoms with van der Waals surface area (Å²) in [6.45, 7) is -0.0739. The Hall–Kier alpha value is -4.15. The molecule has 8 nitrogen and oxygen atoms in total. The summed E-state index contributed by atoms with van der Waals surface area (Å²) in [5.74, 6) is -2.73. The lowest BCUT2D eigenvalue weighted by molar-refractivity contribution is -0.141. The zero-order valence-electron chi connectivity index (χ0n) is 22.7. The molecule has 41 heavy (non-hydrogen) atoms. The molecule has 3 rings (SSSR count). The van der Waals surface area contributed by atoms with E-state index in [4.69, 9.17) is 4.74 Å². The van der Waals surface area contributed by atoms with E-state index in [1.54, 1.807) is 24.3 Å². The molecule has 0 spiro atoms. The Morgan fingerprint density at radius 3 is 2.46 bits per heavy atom. The minimum Gasteiger partial charge on any atom is -0.490 e. The van der Waals surface area contributed by atoms with Crippen LogP contribution in [0.4, 0.5) is 13.2 Å². The molecule has 2 bridgehead atoms. The molecule has 2 aromatic carbocycles. The van der Waals surface area contributed by atoms with Gasteiger partial charge in [0, 0.05) is 12.3 Å². The number of ketones is 1. The van der Waals surface area contributed by atoms with Crippen molar-refractivity contribution in [1.29, 1.82) is 0 Å². The predicted molar refractivity (Wildman–Crippen MR) is 146 cm³/mol. The normalized spacial score (nSPS) is 21.1. The molecule has 220 valence electrons. The standard InChI is InChI=1S/C30H34F3N3O5/c1-20(37)16-23-17-22-10-7-11-24(18-22)41-15-6-5-12-25(28(39)34-19-30(31,32)33)36-29(40)26(35-27(23)38)14-13-21-8-3-2-4-9-21/h2-11,18,23,25-26H,12-17,19H2,1H3,(H,34,39)(H,35,38)(H,36,40)/b6-5+/t23-,25-,26-/m0/s1. The third kappa shape index (κ3) is 11.1. The fourth-order valence-electron chi connectivity index (χ4n) is 4.42. The molecule has 0 saturated heterocycles. The second-order valence-electron chi connectivity index (χ2n) is 9.95. The molecule has 3 N–H and O–H groups in total. The van der Waals surface area contributed by atoms with Gasteiger partial charge in [-0.2, -0.15) is 13.2 Å². The molecular formula is C30H34F3N3O5. The highest BCUT2D eigenvalue weighted by molar-refractivity contribution is 5.93. The zero-order chi connectivity index (χ0) is 29.8. The molecule has 1 heterocycles. The van der Waals surface area contributed by atoms with Crippen LogP contribution in [0.25, 0.3) is 0 Å². The Bertz CT molecular complexity index is 1230. The smallest absolute Gasteiger partial charge is 0.405 e. The Morgan fingerprint density at radius 2 is 1.76 bits per heavy atom. The molecule has 3 amide bonds. The summed E-state index contributed by atoms with van der Waals surface area (Å²) in [5.41, 5.74) is 1.67. The molecule has 0 aliphatic carbocycles. The lowest BCUT2D eigenvalue weighted by atomic mass is 9.93. The quantitative estimate of drug-likeness (QED) is 0.440. The maximum absolute atomic E-state index is 13.4. The van der Waals surface area contributed by atoms with Gasteiger partial charge in [-0.25, -0.2) is 0 Å². The first-order valence-corrected chi connectivity index (χ1v) is 13.4. The second kappa shape index (κ2) is 15.0. The molecule has 11 heteroatoms. The van der Waals surface area contributed by atoms with E-state index in [9.17, 15) is 32.3 Å². The number of halogens is 3. The first-order chi connectivity index (χ1) is 19.5. The van der Waals surface area contributed by atoms with Crippen molar-refractivity contribution >= 4 is 23.5 Å². The Kier molecular flexibility index (Phi) is 11.5. The molecule has 2 aromatic rings. The third-order valence-electron chi connectivity index (χ3n) is 6.46. The van der Waals surface area contributed by atoms with E-state index < -0.39 is 48.4 Å². The number of amides is 3. The van der Waals surface area contributed by atoms with Crippen LogP contribution in [0.15, 0.2) is 66.7 Å². The fourth-order valence-corrected chi connectivity index (χ4v) is 4.42. The van der Waals surface area contributed by atoms with Gasteiger partial charge in [0.2, 0.25) is 17.7 Å². The van der Waals surface area contributed by atoms with Gasteiger partial charge in [0.25, 0.3) is 0 Å². The Labute approximate surface area is 236 Å². The van der Waals surface area contributed by atoms with Gasteiger partial charge < -0.3 is 25.5 Å². The number of rotatable bonds is 7. The van der Waals surface area contributed by atoms with Crippen molar-refractivity contribution in [2.24, 2.45) is 5.92 Å². The van der Waals surface area contributed by atoms with Gasteiger partial charge in [-0.15, -0.1) is 0 Å². The summed E-state index contributed by atoms with van der Waals surface area (Å²) in [4.78, 5) is 51.5. The largest absolute Gasteiger partial charge is 0.490 e. The zero-order valence-corrected chi connectivity index (χ0v) is 22.7. The number of alkyl halides is 3. The summed E-state index contributed by atoms with van der Waals surface area (Å²) >= 11 is 0. The summed E-state index contributed by atoms with van der Waals surface area (Å²) < 4.78 is 44.0. The highest BCUT2D eigenvalue weighted by Crippen LogP contribution is 2.20. The van der Waals surface area contributed by atoms with Crippen LogP contribution in [0, 0.1) is 5.92 Å². The topological polar surface area (TPSA) is 114 Å². The molecule has 0 unspecified atom stereocenters. The lowest BCUT2D eigenvalue weighted by Crippen LogP contribution is -2.55. The molecule has 0 aromatic heterocycles. The van der Waals surface area contributed by atoms with Crippen LogP contribution in [-0.4, -0.2) is 54.9 Å². The number of hydrogen-bond donors (Lipinski definition) is 3. The monoisotopic (exact) mass is 573 g/mol. The number of aryl methyl sites for hydroxylation is 1. The van der Waals surface area contributed by atoms with Gasteiger partial charge in [-0.05, 0) is 55.9 Å². The summed E-state index contributed by atoms with van der Waals surface area (Å²) in [6.07, 6.45) is -0.885. The predicted octanol–water partition coefficient (Wildman–Crippen LogP) is 3.44.